The molecule has 2 atom stereocenters. The quantitative estimate of drug-likeness (QED) is 0.839. The van der Waals surface area contributed by atoms with Gasteiger partial charge in [-0.3, -0.25) is 4.79 Å². The molecule has 0 saturated carbocycles. The number of carbonyl (C=O) groups is 1. The van der Waals surface area contributed by atoms with Crippen LogP contribution in [0.25, 0.3) is 0 Å². The van der Waals surface area contributed by atoms with E-state index in [-0.39, 0.29) is 5.41 Å². The van der Waals surface area contributed by atoms with Crippen LogP contribution in [0.15, 0.2) is 0 Å². The van der Waals surface area contributed by atoms with Crippen molar-refractivity contribution in [3.05, 3.63) is 0 Å². The van der Waals surface area contributed by atoms with Crippen LogP contribution in [0.1, 0.15) is 60.8 Å². The van der Waals surface area contributed by atoms with Gasteiger partial charge in [0.05, 0.1) is 0 Å². The molecule has 0 spiro atoms. The summed E-state index contributed by atoms with van der Waals surface area (Å²) in [5.41, 5.74) is 0.199. The molecule has 0 aromatic rings. The summed E-state index contributed by atoms with van der Waals surface area (Å²) in [4.78, 5) is 14.7. The third kappa shape index (κ3) is 5.43. The van der Waals surface area contributed by atoms with E-state index in [9.17, 15) is 4.79 Å². The Hall–Kier alpha value is -0.570. The van der Waals surface area contributed by atoms with E-state index in [0.29, 0.717) is 30.2 Å². The lowest BCUT2D eigenvalue weighted by Crippen LogP contribution is -2.45. The van der Waals surface area contributed by atoms with Gasteiger partial charge in [0.1, 0.15) is 0 Å². The van der Waals surface area contributed by atoms with Crippen molar-refractivity contribution in [1.29, 1.82) is 0 Å². The Morgan fingerprint density at radius 2 is 1.95 bits per heavy atom. The van der Waals surface area contributed by atoms with Gasteiger partial charge < -0.3 is 10.2 Å². The van der Waals surface area contributed by atoms with Crippen LogP contribution in [0.5, 0.6) is 0 Å². The normalized spacial score (nSPS) is 21.9. The highest BCUT2D eigenvalue weighted by Crippen LogP contribution is 2.29. The highest BCUT2D eigenvalue weighted by atomic mass is 16.2. The van der Waals surface area contributed by atoms with E-state index in [1.807, 2.05) is 0 Å². The Bertz CT molecular complexity index is 301. The van der Waals surface area contributed by atoms with Gasteiger partial charge in [0.25, 0.3) is 0 Å². The van der Waals surface area contributed by atoms with Crippen molar-refractivity contribution >= 4 is 5.91 Å². The highest BCUT2D eigenvalue weighted by Gasteiger charge is 2.27. The summed E-state index contributed by atoms with van der Waals surface area (Å²) in [5, 5.41) is 3.45. The molecule has 3 nitrogen and oxygen atoms in total. The van der Waals surface area contributed by atoms with Crippen molar-refractivity contribution in [2.45, 2.75) is 66.8 Å². The number of amides is 1. The summed E-state index contributed by atoms with van der Waals surface area (Å²) in [7, 11) is 0. The second kappa shape index (κ2) is 7.44. The number of nitrogens with one attached hydrogen (secondary N) is 1. The number of rotatable bonds is 5. The van der Waals surface area contributed by atoms with Gasteiger partial charge in [-0.05, 0) is 57.0 Å². The molecule has 1 amide bonds. The van der Waals surface area contributed by atoms with E-state index in [4.69, 9.17) is 0 Å². The lowest BCUT2D eigenvalue weighted by Gasteiger charge is -2.35. The molecular weight excluding hydrogens is 248 g/mol. The zero-order chi connectivity index (χ0) is 15.3. The topological polar surface area (TPSA) is 32.3 Å². The fraction of sp³-hybridized carbons (Fsp3) is 0.941. The number of piperidine rings is 1. The minimum Gasteiger partial charge on any atom is -0.340 e. The lowest BCUT2D eigenvalue weighted by molar-refractivity contribution is -0.135. The summed E-state index contributed by atoms with van der Waals surface area (Å²) < 4.78 is 0. The van der Waals surface area contributed by atoms with E-state index < -0.39 is 0 Å². The van der Waals surface area contributed by atoms with Crippen molar-refractivity contribution in [1.82, 2.24) is 10.2 Å². The molecule has 1 fully saturated rings. The highest BCUT2D eigenvalue weighted by molar-refractivity contribution is 5.76. The maximum atomic E-state index is 12.6. The molecule has 1 aliphatic rings. The first kappa shape index (κ1) is 17.5. The minimum atomic E-state index is 0.199. The van der Waals surface area contributed by atoms with Crippen LogP contribution < -0.4 is 5.32 Å². The van der Waals surface area contributed by atoms with Gasteiger partial charge in [-0.1, -0.05) is 27.7 Å². The molecule has 0 aromatic carbocycles. The Balaban J connectivity index is 2.58. The smallest absolute Gasteiger partial charge is 0.223 e. The molecule has 0 aliphatic carbocycles. The lowest BCUT2D eigenvalue weighted by atomic mass is 9.80. The molecular formula is C17H34N2O. The van der Waals surface area contributed by atoms with Crippen LogP contribution in [-0.2, 0) is 4.79 Å². The van der Waals surface area contributed by atoms with Crippen LogP contribution in [0.4, 0.5) is 0 Å². The van der Waals surface area contributed by atoms with Crippen LogP contribution in [0, 0.1) is 17.3 Å². The van der Waals surface area contributed by atoms with Crippen LogP contribution in [0.2, 0.25) is 0 Å². The summed E-state index contributed by atoms with van der Waals surface area (Å²) in [6.07, 6.45) is 3.16. The summed E-state index contributed by atoms with van der Waals surface area (Å²) in [6.45, 7) is 16.2. The summed E-state index contributed by atoms with van der Waals surface area (Å²) >= 11 is 0. The van der Waals surface area contributed by atoms with Crippen LogP contribution in [-0.4, -0.2) is 36.5 Å². The molecule has 1 heterocycles. The maximum Gasteiger partial charge on any atom is 0.223 e. The molecule has 0 bridgehead atoms. The monoisotopic (exact) mass is 282 g/mol. The van der Waals surface area contributed by atoms with Gasteiger partial charge in [-0.25, -0.2) is 0 Å². The molecule has 1 aliphatic heterocycles. The van der Waals surface area contributed by atoms with E-state index in [1.54, 1.807) is 0 Å². The van der Waals surface area contributed by atoms with E-state index >= 15 is 0 Å². The Kier molecular flexibility index (Phi) is 6.50. The first-order valence-electron chi connectivity index (χ1n) is 8.22. The van der Waals surface area contributed by atoms with Crippen molar-refractivity contribution < 1.29 is 4.79 Å². The van der Waals surface area contributed by atoms with Crippen molar-refractivity contribution in [3.8, 4) is 0 Å². The fourth-order valence-corrected chi connectivity index (χ4v) is 2.64. The summed E-state index contributed by atoms with van der Waals surface area (Å²) in [5.74, 6) is 1.37. The predicted molar refractivity (Wildman–Crippen MR) is 85.7 cm³/mol. The van der Waals surface area contributed by atoms with Crippen molar-refractivity contribution in [3.63, 3.8) is 0 Å². The average Bonchev–Trinajstić information content (AvgIpc) is 2.35. The Morgan fingerprint density at radius 3 is 2.40 bits per heavy atom. The first-order chi connectivity index (χ1) is 9.21. The molecule has 1 saturated heterocycles. The van der Waals surface area contributed by atoms with Crippen molar-refractivity contribution in [2.24, 2.45) is 17.3 Å². The molecule has 20 heavy (non-hydrogen) atoms. The van der Waals surface area contributed by atoms with Gasteiger partial charge in [0.2, 0.25) is 5.91 Å². The van der Waals surface area contributed by atoms with Gasteiger partial charge in [-0.15, -0.1) is 0 Å². The zero-order valence-electron chi connectivity index (χ0n) is 14.3. The fourth-order valence-electron chi connectivity index (χ4n) is 2.64. The third-order valence-electron chi connectivity index (χ3n) is 4.76. The third-order valence-corrected chi connectivity index (χ3v) is 4.76. The van der Waals surface area contributed by atoms with Crippen molar-refractivity contribution in [2.75, 3.05) is 19.6 Å². The molecule has 2 unspecified atom stereocenters. The molecule has 1 N–H and O–H groups in total. The molecule has 3 heteroatoms. The van der Waals surface area contributed by atoms with Gasteiger partial charge in [0.15, 0.2) is 0 Å². The number of carbonyl (C=O) groups excluding carboxylic acids is 1. The molecule has 1 rings (SSSR count). The zero-order valence-corrected chi connectivity index (χ0v) is 14.3. The van der Waals surface area contributed by atoms with Crippen LogP contribution in [0.3, 0.4) is 0 Å². The van der Waals surface area contributed by atoms with E-state index in [0.717, 1.165) is 19.6 Å². The maximum absolute atomic E-state index is 12.6. The second-order valence-corrected chi connectivity index (χ2v) is 7.82. The summed E-state index contributed by atoms with van der Waals surface area (Å²) in [6, 6.07) is 0.302. The van der Waals surface area contributed by atoms with Gasteiger partial charge >= 0.3 is 0 Å². The number of hydrogen-bond acceptors (Lipinski definition) is 2. The van der Waals surface area contributed by atoms with E-state index in [1.165, 1.54) is 12.8 Å². The van der Waals surface area contributed by atoms with Crippen LogP contribution >= 0.6 is 0 Å². The molecule has 118 valence electrons. The Morgan fingerprint density at radius 1 is 1.30 bits per heavy atom. The standard InChI is InChI=1S/C17H34N2O/c1-13(2)19(12-15-8-7-9-18-11-15)16(20)10-14(3)17(4,5)6/h13-15,18H,7-12H2,1-6H3. The Labute approximate surface area is 125 Å². The largest absolute Gasteiger partial charge is 0.340 e. The first-order valence-corrected chi connectivity index (χ1v) is 8.22. The molecule has 0 aromatic heterocycles. The van der Waals surface area contributed by atoms with E-state index in [2.05, 4.69) is 51.8 Å². The number of nitrogens with zero attached hydrogens (tertiary/aromatic N) is 1. The average molecular weight is 282 g/mol. The van der Waals surface area contributed by atoms with Gasteiger partial charge in [-0.2, -0.15) is 0 Å². The second-order valence-electron chi connectivity index (χ2n) is 7.82. The van der Waals surface area contributed by atoms with Gasteiger partial charge in [0, 0.05) is 19.0 Å². The minimum absolute atomic E-state index is 0.199. The SMILES string of the molecule is CC(C)N(CC1CCCNC1)C(=O)CC(C)C(C)(C)C. The predicted octanol–water partition coefficient (Wildman–Crippen LogP) is 3.30. The molecule has 0 radical (unpaired) electrons. The number of hydrogen-bond donors (Lipinski definition) is 1.